The second-order valence-corrected chi connectivity index (χ2v) is 9.37. The highest BCUT2D eigenvalue weighted by atomic mass is 79.9. The summed E-state index contributed by atoms with van der Waals surface area (Å²) in [5, 5.41) is 9.44. The molecule has 3 heterocycles. The Labute approximate surface area is 201 Å². The van der Waals surface area contributed by atoms with Crippen molar-refractivity contribution < 1.29 is 28.2 Å². The van der Waals surface area contributed by atoms with Crippen LogP contribution in [0.15, 0.2) is 45.8 Å². The van der Waals surface area contributed by atoms with E-state index in [2.05, 4.69) is 15.9 Å². The quantitative estimate of drug-likeness (QED) is 0.542. The Hall–Kier alpha value is -2.82. The maximum Gasteiger partial charge on any atom is 0.341 e. The molecule has 0 saturated carbocycles. The fourth-order valence-corrected chi connectivity index (χ4v) is 4.97. The molecule has 7 nitrogen and oxygen atoms in total. The first-order valence-corrected chi connectivity index (χ1v) is 11.6. The molecule has 34 heavy (non-hydrogen) atoms. The topological polar surface area (TPSA) is 81.0 Å². The molecular formula is C24H21BrF2N2O5. The number of nitrogens with zero attached hydrogens (tertiary/aromatic N) is 2. The van der Waals surface area contributed by atoms with Crippen molar-refractivity contribution in [2.24, 2.45) is 0 Å². The van der Waals surface area contributed by atoms with Crippen molar-refractivity contribution in [1.29, 1.82) is 0 Å². The Balaban J connectivity index is 1.59. The number of aromatic carboxylic acids is 1. The van der Waals surface area contributed by atoms with Crippen molar-refractivity contribution in [3.05, 3.63) is 74.0 Å². The molecule has 1 spiro atoms. The first-order chi connectivity index (χ1) is 16.3. The van der Waals surface area contributed by atoms with E-state index in [-0.39, 0.29) is 17.6 Å². The van der Waals surface area contributed by atoms with E-state index in [1.165, 1.54) is 22.9 Å². The molecule has 1 aromatic heterocycles. The van der Waals surface area contributed by atoms with Crippen molar-refractivity contribution in [2.75, 3.05) is 31.2 Å². The van der Waals surface area contributed by atoms with Crippen LogP contribution in [-0.2, 0) is 16.0 Å². The Morgan fingerprint density at radius 3 is 2.44 bits per heavy atom. The van der Waals surface area contributed by atoms with Gasteiger partial charge in [0.2, 0.25) is 5.43 Å². The van der Waals surface area contributed by atoms with Crippen LogP contribution in [0.1, 0.15) is 28.8 Å². The van der Waals surface area contributed by atoms with E-state index in [0.29, 0.717) is 54.7 Å². The fraction of sp³-hybridized carbons (Fsp3) is 0.333. The summed E-state index contributed by atoms with van der Waals surface area (Å²) in [6.45, 7) is 2.01. The van der Waals surface area contributed by atoms with Gasteiger partial charge in [-0.1, -0.05) is 22.0 Å². The normalized spacial score (nSPS) is 17.6. The molecule has 0 atom stereocenters. The molecule has 2 aromatic carbocycles. The van der Waals surface area contributed by atoms with Gasteiger partial charge in [0.25, 0.3) is 0 Å². The highest BCUT2D eigenvalue weighted by Gasteiger charge is 2.40. The molecule has 0 radical (unpaired) electrons. The lowest BCUT2D eigenvalue weighted by molar-refractivity contribution is -0.169. The summed E-state index contributed by atoms with van der Waals surface area (Å²) in [6.07, 6.45) is 2.32. The van der Waals surface area contributed by atoms with Gasteiger partial charge in [0.15, 0.2) is 5.79 Å². The monoisotopic (exact) mass is 534 g/mol. The zero-order valence-electron chi connectivity index (χ0n) is 18.0. The minimum absolute atomic E-state index is 0.0357. The number of pyridine rings is 1. The molecule has 0 amide bonds. The Kier molecular flexibility index (Phi) is 5.91. The Bertz CT molecular complexity index is 1340. The van der Waals surface area contributed by atoms with E-state index in [1.54, 1.807) is 12.1 Å². The number of piperidine rings is 1. The van der Waals surface area contributed by atoms with Crippen LogP contribution in [0.3, 0.4) is 0 Å². The summed E-state index contributed by atoms with van der Waals surface area (Å²) in [6, 6.07) is 7.15. The number of fused-ring (bicyclic) bond motifs is 1. The van der Waals surface area contributed by atoms with Crippen LogP contribution < -0.4 is 10.3 Å². The highest BCUT2D eigenvalue weighted by Crippen LogP contribution is 2.35. The van der Waals surface area contributed by atoms with Gasteiger partial charge in [-0.15, -0.1) is 0 Å². The molecule has 2 fully saturated rings. The number of hydrogen-bond acceptors (Lipinski definition) is 5. The van der Waals surface area contributed by atoms with Crippen molar-refractivity contribution in [3.63, 3.8) is 0 Å². The van der Waals surface area contributed by atoms with E-state index >= 15 is 4.39 Å². The lowest BCUT2D eigenvalue weighted by Gasteiger charge is -2.38. The number of anilines is 1. The number of carboxylic acids is 1. The highest BCUT2D eigenvalue weighted by molar-refractivity contribution is 9.10. The van der Waals surface area contributed by atoms with Gasteiger partial charge in [-0.05, 0) is 24.3 Å². The minimum atomic E-state index is -1.43. The van der Waals surface area contributed by atoms with Crippen LogP contribution in [0.5, 0.6) is 0 Å². The SMILES string of the molecule is O=C(O)c1cn(Cc2ccc(Br)cc2F)c2cc(N3CCC4(CC3)OCCO4)c(F)cc2c1=O. The van der Waals surface area contributed by atoms with Gasteiger partial charge in [0.05, 0.1) is 31.0 Å². The molecule has 0 unspecified atom stereocenters. The first-order valence-electron chi connectivity index (χ1n) is 10.8. The average molecular weight is 535 g/mol. The maximum atomic E-state index is 15.2. The number of hydrogen-bond donors (Lipinski definition) is 1. The lowest BCUT2D eigenvalue weighted by Crippen LogP contribution is -2.45. The number of carbonyl (C=O) groups is 1. The molecule has 5 rings (SSSR count). The summed E-state index contributed by atoms with van der Waals surface area (Å²) in [4.78, 5) is 26.3. The van der Waals surface area contributed by atoms with Crippen LogP contribution >= 0.6 is 15.9 Å². The second-order valence-electron chi connectivity index (χ2n) is 8.46. The average Bonchev–Trinajstić information content (AvgIpc) is 3.25. The fourth-order valence-electron chi connectivity index (χ4n) is 4.63. The van der Waals surface area contributed by atoms with Gasteiger partial charge in [-0.3, -0.25) is 4.79 Å². The van der Waals surface area contributed by atoms with Gasteiger partial charge in [0.1, 0.15) is 17.2 Å². The van der Waals surface area contributed by atoms with E-state index in [1.807, 2.05) is 4.90 Å². The predicted octanol–water partition coefficient (Wildman–Crippen LogP) is 4.13. The molecule has 3 aromatic rings. The van der Waals surface area contributed by atoms with E-state index in [0.717, 1.165) is 6.07 Å². The molecule has 2 aliphatic heterocycles. The predicted molar refractivity (Wildman–Crippen MR) is 124 cm³/mol. The van der Waals surface area contributed by atoms with Crippen molar-refractivity contribution in [2.45, 2.75) is 25.2 Å². The molecule has 2 aliphatic rings. The third-order valence-corrected chi connectivity index (χ3v) is 6.91. The van der Waals surface area contributed by atoms with E-state index < -0.39 is 34.4 Å². The van der Waals surface area contributed by atoms with E-state index in [9.17, 15) is 19.1 Å². The molecule has 0 bridgehead atoms. The summed E-state index contributed by atoms with van der Waals surface area (Å²) in [7, 11) is 0. The maximum absolute atomic E-state index is 15.2. The number of ether oxygens (including phenoxy) is 2. The Morgan fingerprint density at radius 1 is 1.09 bits per heavy atom. The van der Waals surface area contributed by atoms with Crippen molar-refractivity contribution in [1.82, 2.24) is 4.57 Å². The molecular weight excluding hydrogens is 514 g/mol. The van der Waals surface area contributed by atoms with Crippen molar-refractivity contribution in [3.8, 4) is 0 Å². The zero-order chi connectivity index (χ0) is 24.0. The zero-order valence-corrected chi connectivity index (χ0v) is 19.6. The van der Waals surface area contributed by atoms with Crippen molar-refractivity contribution >= 4 is 38.5 Å². The van der Waals surface area contributed by atoms with Crippen LogP contribution in [0, 0.1) is 11.6 Å². The Morgan fingerprint density at radius 2 is 1.79 bits per heavy atom. The summed E-state index contributed by atoms with van der Waals surface area (Å²) < 4.78 is 43.2. The number of carboxylic acid groups (broad SMARTS) is 1. The van der Waals surface area contributed by atoms with Crippen LogP contribution in [0.25, 0.3) is 10.9 Å². The minimum Gasteiger partial charge on any atom is -0.477 e. The number of rotatable bonds is 4. The molecule has 1 N–H and O–H groups in total. The van der Waals surface area contributed by atoms with Gasteiger partial charge >= 0.3 is 5.97 Å². The second kappa shape index (κ2) is 8.75. The summed E-state index contributed by atoms with van der Waals surface area (Å²) in [5.74, 6) is -3.17. The van der Waals surface area contributed by atoms with Gasteiger partial charge in [-0.2, -0.15) is 0 Å². The summed E-state index contributed by atoms with van der Waals surface area (Å²) >= 11 is 3.21. The third kappa shape index (κ3) is 4.10. The van der Waals surface area contributed by atoms with Gasteiger partial charge in [-0.25, -0.2) is 13.6 Å². The van der Waals surface area contributed by atoms with E-state index in [4.69, 9.17) is 9.47 Å². The standard InChI is InChI=1S/C24H21BrF2N2O5/c25-15-2-1-14(18(26)9-15)12-29-13-17(23(31)32)22(30)16-10-19(27)21(11-20(16)29)28-5-3-24(4-6-28)33-7-8-34-24/h1-2,9-11,13H,3-8,12H2,(H,31,32). The van der Waals surface area contributed by atoms with Gasteiger partial charge < -0.3 is 24.0 Å². The van der Waals surface area contributed by atoms with Crippen LogP contribution in [-0.4, -0.2) is 47.7 Å². The van der Waals surface area contributed by atoms with Crippen LogP contribution in [0.4, 0.5) is 14.5 Å². The first kappa shape index (κ1) is 22.9. The number of aromatic nitrogens is 1. The molecule has 2 saturated heterocycles. The third-order valence-electron chi connectivity index (χ3n) is 6.41. The van der Waals surface area contributed by atoms with Gasteiger partial charge in [0, 0.05) is 47.6 Å². The van der Waals surface area contributed by atoms with Crippen LogP contribution in [0.2, 0.25) is 0 Å². The molecule has 178 valence electrons. The summed E-state index contributed by atoms with van der Waals surface area (Å²) in [5.41, 5.74) is -0.389. The number of benzene rings is 2. The lowest BCUT2D eigenvalue weighted by atomic mass is 10.0. The number of halogens is 3. The molecule has 10 heteroatoms. The smallest absolute Gasteiger partial charge is 0.341 e. The molecule has 0 aliphatic carbocycles. The largest absolute Gasteiger partial charge is 0.477 e.